The first-order valence-corrected chi connectivity index (χ1v) is 6.67. The van der Waals surface area contributed by atoms with Crippen molar-refractivity contribution in [1.82, 2.24) is 9.88 Å². The number of rotatable bonds is 6. The zero-order valence-corrected chi connectivity index (χ0v) is 11.8. The average Bonchev–Trinajstić information content (AvgIpc) is 2.92. The molecule has 0 saturated carbocycles. The summed E-state index contributed by atoms with van der Waals surface area (Å²) >= 11 is 0. The number of methoxy groups -OCH3 is 1. The number of nitrogens with one attached hydrogen (secondary N) is 2. The van der Waals surface area contributed by atoms with E-state index >= 15 is 0 Å². The van der Waals surface area contributed by atoms with Gasteiger partial charge in [0.15, 0.2) is 0 Å². The fraction of sp³-hybridized carbons (Fsp3) is 0.267. The van der Waals surface area contributed by atoms with Gasteiger partial charge in [-0.05, 0) is 30.7 Å². The van der Waals surface area contributed by atoms with E-state index in [9.17, 15) is 9.18 Å². The molecule has 21 heavy (non-hydrogen) atoms. The fourth-order valence-corrected chi connectivity index (χ4v) is 1.86. The van der Waals surface area contributed by atoms with Crippen molar-refractivity contribution in [2.75, 3.05) is 25.6 Å². The van der Waals surface area contributed by atoms with Crippen molar-refractivity contribution in [3.63, 3.8) is 0 Å². The predicted molar refractivity (Wildman–Crippen MR) is 79.2 cm³/mol. The molecule has 0 unspecified atom stereocenters. The molecule has 5 nitrogen and oxygen atoms in total. The van der Waals surface area contributed by atoms with Gasteiger partial charge in [0.1, 0.15) is 5.82 Å². The summed E-state index contributed by atoms with van der Waals surface area (Å²) in [5, 5.41) is 5.44. The molecule has 0 bridgehead atoms. The van der Waals surface area contributed by atoms with Crippen LogP contribution >= 0.6 is 0 Å². The first kappa shape index (κ1) is 15.1. The molecule has 1 heterocycles. The third kappa shape index (κ3) is 4.61. The Morgan fingerprint density at radius 3 is 3.00 bits per heavy atom. The van der Waals surface area contributed by atoms with Crippen molar-refractivity contribution in [2.45, 2.75) is 6.42 Å². The molecule has 2 aromatic rings. The van der Waals surface area contributed by atoms with Crippen molar-refractivity contribution >= 4 is 11.7 Å². The van der Waals surface area contributed by atoms with Gasteiger partial charge in [0.05, 0.1) is 5.69 Å². The molecule has 0 fully saturated rings. The Morgan fingerprint density at radius 2 is 2.24 bits per heavy atom. The number of nitrogens with zero attached hydrogens (tertiary/aromatic N) is 1. The molecule has 1 aromatic heterocycles. The van der Waals surface area contributed by atoms with Crippen LogP contribution in [0.15, 0.2) is 42.7 Å². The molecule has 0 radical (unpaired) electrons. The van der Waals surface area contributed by atoms with Gasteiger partial charge in [-0.1, -0.05) is 6.07 Å². The maximum Gasteiger partial charge on any atom is 0.319 e. The lowest BCUT2D eigenvalue weighted by Crippen LogP contribution is -2.29. The van der Waals surface area contributed by atoms with Gasteiger partial charge in [0.2, 0.25) is 0 Å². The third-order valence-corrected chi connectivity index (χ3v) is 2.87. The van der Waals surface area contributed by atoms with Crippen LogP contribution in [0.3, 0.4) is 0 Å². The van der Waals surface area contributed by atoms with Crippen LogP contribution in [-0.4, -0.2) is 30.9 Å². The van der Waals surface area contributed by atoms with Crippen LogP contribution in [-0.2, 0) is 4.74 Å². The standard InChI is InChI=1S/C15H18FN3O2/c1-21-9-3-7-17-15(20)18-13-6-8-19(11-13)14-5-2-4-12(16)10-14/h2,4-6,8,10-11H,3,7,9H2,1H3,(H2,17,18,20). The molecule has 0 aliphatic heterocycles. The van der Waals surface area contributed by atoms with E-state index in [1.165, 1.54) is 12.1 Å². The summed E-state index contributed by atoms with van der Waals surface area (Å²) in [6.45, 7) is 1.15. The first-order valence-electron chi connectivity index (χ1n) is 6.67. The average molecular weight is 291 g/mol. The van der Waals surface area contributed by atoms with Crippen molar-refractivity contribution in [1.29, 1.82) is 0 Å². The number of anilines is 1. The second-order valence-corrected chi connectivity index (χ2v) is 4.51. The fourth-order valence-electron chi connectivity index (χ4n) is 1.86. The van der Waals surface area contributed by atoms with E-state index in [0.717, 1.165) is 6.42 Å². The van der Waals surface area contributed by atoms with Gasteiger partial charge in [-0.15, -0.1) is 0 Å². The topological polar surface area (TPSA) is 55.3 Å². The lowest BCUT2D eigenvalue weighted by atomic mass is 10.3. The van der Waals surface area contributed by atoms with Gasteiger partial charge in [-0.2, -0.15) is 0 Å². The minimum atomic E-state index is -0.299. The van der Waals surface area contributed by atoms with Gasteiger partial charge in [-0.3, -0.25) is 0 Å². The van der Waals surface area contributed by atoms with Gasteiger partial charge in [-0.25, -0.2) is 9.18 Å². The molecule has 0 atom stereocenters. The minimum absolute atomic E-state index is 0.275. The summed E-state index contributed by atoms with van der Waals surface area (Å²) in [4.78, 5) is 11.6. The number of aromatic nitrogens is 1. The van der Waals surface area contributed by atoms with Gasteiger partial charge in [0, 0.05) is 38.3 Å². The van der Waals surface area contributed by atoms with E-state index in [4.69, 9.17) is 4.74 Å². The van der Waals surface area contributed by atoms with Crippen LogP contribution in [0.1, 0.15) is 6.42 Å². The molecule has 112 valence electrons. The van der Waals surface area contributed by atoms with Gasteiger partial charge < -0.3 is 19.9 Å². The van der Waals surface area contributed by atoms with Gasteiger partial charge in [0.25, 0.3) is 0 Å². The summed E-state index contributed by atoms with van der Waals surface area (Å²) in [5.74, 6) is -0.299. The second kappa shape index (κ2) is 7.44. The predicted octanol–water partition coefficient (Wildman–Crippen LogP) is 2.77. The number of carbonyl (C=O) groups is 1. The number of carbonyl (C=O) groups excluding carboxylic acids is 1. The number of ether oxygens (including phenoxy) is 1. The highest BCUT2D eigenvalue weighted by atomic mass is 19.1. The van der Waals surface area contributed by atoms with E-state index in [0.29, 0.717) is 24.5 Å². The first-order chi connectivity index (χ1) is 10.2. The smallest absolute Gasteiger partial charge is 0.319 e. The van der Waals surface area contributed by atoms with Crippen molar-refractivity contribution in [3.8, 4) is 5.69 Å². The quantitative estimate of drug-likeness (QED) is 0.804. The minimum Gasteiger partial charge on any atom is -0.385 e. The molecule has 6 heteroatoms. The Hall–Kier alpha value is -2.34. The largest absolute Gasteiger partial charge is 0.385 e. The van der Waals surface area contributed by atoms with Crippen LogP contribution in [0.2, 0.25) is 0 Å². The van der Waals surface area contributed by atoms with Crippen LogP contribution in [0.4, 0.5) is 14.9 Å². The van der Waals surface area contributed by atoms with E-state index in [2.05, 4.69) is 10.6 Å². The summed E-state index contributed by atoms with van der Waals surface area (Å²) < 4.78 is 19.8. The van der Waals surface area contributed by atoms with Crippen LogP contribution in [0.25, 0.3) is 5.69 Å². The van der Waals surface area contributed by atoms with E-state index in [1.54, 1.807) is 42.3 Å². The summed E-state index contributed by atoms with van der Waals surface area (Å²) in [6, 6.07) is 7.72. The lowest BCUT2D eigenvalue weighted by molar-refractivity contribution is 0.194. The van der Waals surface area contributed by atoms with E-state index in [1.807, 2.05) is 0 Å². The molecule has 0 aliphatic carbocycles. The highest BCUT2D eigenvalue weighted by molar-refractivity contribution is 5.89. The second-order valence-electron chi connectivity index (χ2n) is 4.51. The number of hydrogen-bond donors (Lipinski definition) is 2. The number of hydrogen-bond acceptors (Lipinski definition) is 2. The molecular formula is C15H18FN3O2. The molecule has 0 spiro atoms. The Labute approximate surface area is 122 Å². The highest BCUT2D eigenvalue weighted by Crippen LogP contribution is 2.15. The third-order valence-electron chi connectivity index (χ3n) is 2.87. The number of halogens is 1. The van der Waals surface area contributed by atoms with Gasteiger partial charge >= 0.3 is 6.03 Å². The van der Waals surface area contributed by atoms with Crippen LogP contribution in [0, 0.1) is 5.82 Å². The number of urea groups is 1. The Bertz CT molecular complexity index is 598. The molecule has 2 amide bonds. The molecule has 1 aromatic carbocycles. The number of benzene rings is 1. The summed E-state index contributed by atoms with van der Waals surface area (Å²) in [7, 11) is 1.62. The molecule has 0 saturated heterocycles. The van der Waals surface area contributed by atoms with E-state index in [-0.39, 0.29) is 11.8 Å². The Balaban J connectivity index is 1.90. The zero-order chi connectivity index (χ0) is 15.1. The van der Waals surface area contributed by atoms with Crippen LogP contribution in [0.5, 0.6) is 0 Å². The number of amides is 2. The van der Waals surface area contributed by atoms with Crippen LogP contribution < -0.4 is 10.6 Å². The van der Waals surface area contributed by atoms with Crippen molar-refractivity contribution < 1.29 is 13.9 Å². The molecule has 2 N–H and O–H groups in total. The molecule has 2 rings (SSSR count). The zero-order valence-electron chi connectivity index (χ0n) is 11.8. The maximum absolute atomic E-state index is 13.2. The van der Waals surface area contributed by atoms with E-state index < -0.39 is 0 Å². The highest BCUT2D eigenvalue weighted by Gasteiger charge is 2.04. The normalized spacial score (nSPS) is 10.4. The Kier molecular flexibility index (Phi) is 5.34. The molecular weight excluding hydrogens is 273 g/mol. The lowest BCUT2D eigenvalue weighted by Gasteiger charge is -2.06. The van der Waals surface area contributed by atoms with Crippen molar-refractivity contribution in [3.05, 3.63) is 48.5 Å². The van der Waals surface area contributed by atoms with Crippen molar-refractivity contribution in [2.24, 2.45) is 0 Å². The summed E-state index contributed by atoms with van der Waals surface area (Å²) in [6.07, 6.45) is 4.24. The SMILES string of the molecule is COCCCNC(=O)Nc1ccn(-c2cccc(F)c2)c1. The summed E-state index contributed by atoms with van der Waals surface area (Å²) in [5.41, 5.74) is 1.34. The maximum atomic E-state index is 13.2. The molecule has 0 aliphatic rings. The Morgan fingerprint density at radius 1 is 1.38 bits per heavy atom. The monoisotopic (exact) mass is 291 g/mol.